The number of amides is 1. The van der Waals surface area contributed by atoms with Gasteiger partial charge in [0.1, 0.15) is 0 Å². The van der Waals surface area contributed by atoms with E-state index in [1.165, 1.54) is 17.5 Å². The van der Waals surface area contributed by atoms with Crippen molar-refractivity contribution in [3.05, 3.63) is 65.2 Å². The Kier molecular flexibility index (Phi) is 6.30. The molecule has 1 aromatic heterocycles. The average Bonchev–Trinajstić information content (AvgIpc) is 3.25. The zero-order valence-electron chi connectivity index (χ0n) is 19.8. The molecule has 6 heteroatoms. The fourth-order valence-electron chi connectivity index (χ4n) is 5.68. The van der Waals surface area contributed by atoms with Gasteiger partial charge in [-0.1, -0.05) is 43.5 Å². The molecule has 2 aliphatic rings. The third-order valence-electron chi connectivity index (χ3n) is 7.73. The Morgan fingerprint density at radius 1 is 1.12 bits per heavy atom. The van der Waals surface area contributed by atoms with Gasteiger partial charge in [-0.2, -0.15) is 5.26 Å². The van der Waals surface area contributed by atoms with Crippen molar-refractivity contribution in [3.63, 3.8) is 0 Å². The van der Waals surface area contributed by atoms with Crippen LogP contribution in [0.5, 0.6) is 5.88 Å². The highest BCUT2D eigenvalue weighted by molar-refractivity contribution is 5.92. The number of hydrogen-bond acceptors (Lipinski definition) is 4. The number of nitrogens with zero attached hydrogens (tertiary/aromatic N) is 3. The van der Waals surface area contributed by atoms with Crippen molar-refractivity contribution in [1.29, 1.82) is 5.26 Å². The molecule has 1 N–H and O–H groups in total. The predicted octanol–water partition coefficient (Wildman–Crippen LogP) is 4.99. The van der Waals surface area contributed by atoms with E-state index < -0.39 is 0 Å². The Balaban J connectivity index is 1.32. The molecular formula is C28H32N4O2. The lowest BCUT2D eigenvalue weighted by molar-refractivity contribution is -0.129. The molecule has 1 aliphatic heterocycles. The van der Waals surface area contributed by atoms with Gasteiger partial charge in [0, 0.05) is 24.5 Å². The minimum absolute atomic E-state index is 0.0999. The number of para-hydroxylation sites is 1. The summed E-state index contributed by atoms with van der Waals surface area (Å²) in [6.45, 7) is 2.75. The van der Waals surface area contributed by atoms with Crippen LogP contribution in [0.3, 0.4) is 0 Å². The summed E-state index contributed by atoms with van der Waals surface area (Å²) in [6, 6.07) is 18.2. The summed E-state index contributed by atoms with van der Waals surface area (Å²) in [7, 11) is 1.64. The van der Waals surface area contributed by atoms with Crippen molar-refractivity contribution < 1.29 is 9.53 Å². The van der Waals surface area contributed by atoms with E-state index in [9.17, 15) is 10.1 Å². The minimum atomic E-state index is -0.362. The maximum atomic E-state index is 13.8. The average molecular weight is 457 g/mol. The number of nitrogens with one attached hydrogen (secondary N) is 1. The van der Waals surface area contributed by atoms with Crippen LogP contribution < -0.4 is 10.2 Å². The molecule has 0 spiro atoms. The van der Waals surface area contributed by atoms with Crippen LogP contribution in [0.1, 0.15) is 55.2 Å². The van der Waals surface area contributed by atoms with Crippen LogP contribution in [0.25, 0.3) is 10.9 Å². The van der Waals surface area contributed by atoms with Gasteiger partial charge in [0.25, 0.3) is 0 Å². The van der Waals surface area contributed by atoms with Crippen molar-refractivity contribution in [2.75, 3.05) is 25.6 Å². The summed E-state index contributed by atoms with van der Waals surface area (Å²) in [4.78, 5) is 16.3. The van der Waals surface area contributed by atoms with Crippen molar-refractivity contribution >= 4 is 16.8 Å². The zero-order chi connectivity index (χ0) is 23.5. The maximum Gasteiger partial charge on any atom is 0.245 e. The van der Waals surface area contributed by atoms with E-state index in [1.54, 1.807) is 11.8 Å². The number of hydrogen-bond donors (Lipinski definition) is 1. The zero-order valence-corrected chi connectivity index (χ0v) is 19.8. The van der Waals surface area contributed by atoms with Crippen molar-refractivity contribution in [2.45, 2.75) is 51.5 Å². The molecule has 1 fully saturated rings. The van der Waals surface area contributed by atoms with Crippen LogP contribution >= 0.6 is 0 Å². The minimum Gasteiger partial charge on any atom is -0.481 e. The standard InChI is InChI=1S/C28H32N4O2/c1-34-26-18-23-7-3-4-8-25(23)32(26)30-27(33)28(12-5-2-6-13-28)14-16-31-15-11-22-17-21(19-29)9-10-24(22)20-31/h3-4,7-10,17-18H,2,5-6,11-16,20H2,1H3,(H,30,33). The van der Waals surface area contributed by atoms with Crippen LogP contribution in [-0.2, 0) is 17.8 Å². The molecule has 34 heavy (non-hydrogen) atoms. The number of fused-ring (bicyclic) bond motifs is 2. The highest BCUT2D eigenvalue weighted by Crippen LogP contribution is 2.41. The first-order valence-corrected chi connectivity index (χ1v) is 12.3. The van der Waals surface area contributed by atoms with Crippen molar-refractivity contribution in [3.8, 4) is 11.9 Å². The third kappa shape index (κ3) is 4.28. The molecule has 1 saturated carbocycles. The van der Waals surface area contributed by atoms with Crippen LogP contribution in [0.4, 0.5) is 0 Å². The molecule has 0 radical (unpaired) electrons. The summed E-state index contributed by atoms with van der Waals surface area (Å²) in [5, 5.41) is 10.2. The van der Waals surface area contributed by atoms with Gasteiger partial charge in [0.05, 0.1) is 29.7 Å². The fourth-order valence-corrected chi connectivity index (χ4v) is 5.68. The summed E-state index contributed by atoms with van der Waals surface area (Å²) in [5.41, 5.74) is 7.12. The largest absolute Gasteiger partial charge is 0.481 e. The van der Waals surface area contributed by atoms with Crippen LogP contribution in [-0.4, -0.2) is 35.7 Å². The second-order valence-electron chi connectivity index (χ2n) is 9.73. The highest BCUT2D eigenvalue weighted by atomic mass is 16.5. The molecular weight excluding hydrogens is 424 g/mol. The lowest BCUT2D eigenvalue weighted by Crippen LogP contribution is -2.44. The summed E-state index contributed by atoms with van der Waals surface area (Å²) < 4.78 is 7.38. The molecule has 0 unspecified atom stereocenters. The molecule has 5 rings (SSSR count). The van der Waals surface area contributed by atoms with Gasteiger partial charge in [0.15, 0.2) is 0 Å². The smallest absolute Gasteiger partial charge is 0.245 e. The van der Waals surface area contributed by atoms with Gasteiger partial charge in [-0.05, 0) is 61.6 Å². The molecule has 2 heterocycles. The predicted molar refractivity (Wildman–Crippen MR) is 133 cm³/mol. The topological polar surface area (TPSA) is 70.3 Å². The normalized spacial score (nSPS) is 17.6. The summed E-state index contributed by atoms with van der Waals surface area (Å²) >= 11 is 0. The van der Waals surface area contributed by atoms with Gasteiger partial charge >= 0.3 is 0 Å². The van der Waals surface area contributed by atoms with E-state index >= 15 is 0 Å². The first kappa shape index (κ1) is 22.5. The van der Waals surface area contributed by atoms with E-state index in [0.29, 0.717) is 5.88 Å². The number of nitriles is 1. The Bertz CT molecular complexity index is 1230. The molecule has 176 valence electrons. The molecule has 2 aromatic carbocycles. The van der Waals surface area contributed by atoms with Gasteiger partial charge in [0.2, 0.25) is 11.8 Å². The monoisotopic (exact) mass is 456 g/mol. The third-order valence-corrected chi connectivity index (χ3v) is 7.73. The number of benzene rings is 2. The Labute approximate surface area is 201 Å². The van der Waals surface area contributed by atoms with Crippen molar-refractivity contribution in [2.24, 2.45) is 5.41 Å². The van der Waals surface area contributed by atoms with Crippen LogP contribution in [0.2, 0.25) is 0 Å². The summed E-state index contributed by atoms with van der Waals surface area (Å²) in [6.07, 6.45) is 7.05. The molecule has 0 bridgehead atoms. The quantitative estimate of drug-likeness (QED) is 0.567. The Morgan fingerprint density at radius 3 is 2.74 bits per heavy atom. The second kappa shape index (κ2) is 9.52. The number of carbonyl (C=O) groups excluding carboxylic acids is 1. The van der Waals surface area contributed by atoms with E-state index in [0.717, 1.165) is 74.6 Å². The number of carbonyl (C=O) groups is 1. The van der Waals surface area contributed by atoms with E-state index in [2.05, 4.69) is 22.5 Å². The number of methoxy groups -OCH3 is 1. The van der Waals surface area contributed by atoms with E-state index in [-0.39, 0.29) is 11.3 Å². The van der Waals surface area contributed by atoms with Crippen LogP contribution in [0, 0.1) is 16.7 Å². The molecule has 3 aromatic rings. The maximum absolute atomic E-state index is 13.8. The number of rotatable bonds is 6. The number of aromatic nitrogens is 1. The molecule has 6 nitrogen and oxygen atoms in total. The van der Waals surface area contributed by atoms with Gasteiger partial charge in [-0.3, -0.25) is 15.1 Å². The number of ether oxygens (including phenoxy) is 1. The second-order valence-corrected chi connectivity index (χ2v) is 9.73. The Hall–Kier alpha value is -3.30. The lowest BCUT2D eigenvalue weighted by Gasteiger charge is -2.38. The van der Waals surface area contributed by atoms with E-state index in [1.807, 2.05) is 42.5 Å². The molecule has 0 saturated heterocycles. The van der Waals surface area contributed by atoms with Crippen LogP contribution in [0.15, 0.2) is 48.5 Å². The summed E-state index contributed by atoms with van der Waals surface area (Å²) in [5.74, 6) is 0.743. The highest BCUT2D eigenvalue weighted by Gasteiger charge is 2.40. The molecule has 1 amide bonds. The first-order valence-electron chi connectivity index (χ1n) is 12.3. The van der Waals surface area contributed by atoms with Gasteiger partial charge in [-0.25, -0.2) is 4.68 Å². The molecule has 1 aliphatic carbocycles. The van der Waals surface area contributed by atoms with E-state index in [4.69, 9.17) is 4.74 Å². The fraction of sp³-hybridized carbons (Fsp3) is 0.429. The first-order chi connectivity index (χ1) is 16.6. The SMILES string of the molecule is COc1cc2ccccc2n1NC(=O)C1(CCN2CCc3cc(C#N)ccc3C2)CCCCC1. The van der Waals surface area contributed by atoms with Crippen molar-refractivity contribution in [1.82, 2.24) is 9.58 Å². The Morgan fingerprint density at radius 2 is 1.94 bits per heavy atom. The van der Waals surface area contributed by atoms with Gasteiger partial charge in [-0.15, -0.1) is 0 Å². The molecule has 0 atom stereocenters. The van der Waals surface area contributed by atoms with Gasteiger partial charge < -0.3 is 4.74 Å². The lowest BCUT2D eigenvalue weighted by atomic mass is 9.71.